The quantitative estimate of drug-likeness (QED) is 0.203. The fourth-order valence-corrected chi connectivity index (χ4v) is 5.01. The number of carbonyl (C=O) groups is 2. The van der Waals surface area contributed by atoms with E-state index < -0.39 is 29.3 Å². The number of nitrogens with zero attached hydrogens (tertiary/aromatic N) is 3. The monoisotopic (exact) mass is 534 g/mol. The lowest BCUT2D eigenvalue weighted by molar-refractivity contribution is -0.132. The average Bonchev–Trinajstić information content (AvgIpc) is 3.40. The minimum absolute atomic E-state index is 0.0441. The third kappa shape index (κ3) is 4.14. The van der Waals surface area contributed by atoms with Gasteiger partial charge in [0.2, 0.25) is 5.95 Å². The molecule has 1 aliphatic heterocycles. The predicted octanol–water partition coefficient (Wildman–Crippen LogP) is 5.36. The van der Waals surface area contributed by atoms with Gasteiger partial charge in [-0.1, -0.05) is 23.7 Å². The van der Waals surface area contributed by atoms with E-state index >= 15 is 0 Å². The van der Waals surface area contributed by atoms with Crippen molar-refractivity contribution in [2.24, 2.45) is 0 Å². The van der Waals surface area contributed by atoms with Crippen LogP contribution < -0.4 is 14.5 Å². The van der Waals surface area contributed by atoms with Crippen molar-refractivity contribution < 1.29 is 23.8 Å². The summed E-state index contributed by atoms with van der Waals surface area (Å²) in [7, 11) is 5.18. The van der Waals surface area contributed by atoms with Gasteiger partial charge in [0.25, 0.3) is 5.78 Å². The summed E-state index contributed by atoms with van der Waals surface area (Å²) in [5.41, 5.74) is 2.97. The van der Waals surface area contributed by atoms with Gasteiger partial charge in [-0.05, 0) is 60.5 Å². The lowest BCUT2D eigenvalue weighted by Gasteiger charge is -2.24. The number of ketones is 1. The molecule has 2 N–H and O–H groups in total. The number of hydrogen-bond donors (Lipinski definition) is 2. The van der Waals surface area contributed by atoms with Crippen molar-refractivity contribution >= 4 is 51.7 Å². The Morgan fingerprint density at radius 3 is 2.50 bits per heavy atom. The number of benzene rings is 3. The van der Waals surface area contributed by atoms with Gasteiger partial charge < -0.3 is 19.7 Å². The van der Waals surface area contributed by atoms with Crippen LogP contribution in [0.2, 0.25) is 5.02 Å². The van der Waals surface area contributed by atoms with Crippen LogP contribution in [-0.4, -0.2) is 48.0 Å². The number of rotatable bonds is 5. The third-order valence-electron chi connectivity index (χ3n) is 6.48. The summed E-state index contributed by atoms with van der Waals surface area (Å²) in [5.74, 6) is -2.50. The van der Waals surface area contributed by atoms with E-state index in [2.05, 4.69) is 9.97 Å². The summed E-state index contributed by atoms with van der Waals surface area (Å²) in [6.07, 6.45) is 0. The van der Waals surface area contributed by atoms with Gasteiger partial charge >= 0.3 is 5.91 Å². The number of aliphatic hydroxyl groups is 1. The molecule has 0 radical (unpaired) electrons. The number of nitrogens with one attached hydrogen (secondary N) is 1. The van der Waals surface area contributed by atoms with Crippen LogP contribution in [0.15, 0.2) is 60.2 Å². The van der Waals surface area contributed by atoms with E-state index in [-0.39, 0.29) is 27.9 Å². The van der Waals surface area contributed by atoms with Crippen molar-refractivity contribution in [3.63, 3.8) is 0 Å². The molecule has 1 aliphatic rings. The molecule has 0 aliphatic carbocycles. The number of aromatic nitrogens is 2. The zero-order chi connectivity index (χ0) is 27.3. The van der Waals surface area contributed by atoms with Gasteiger partial charge in [-0.3, -0.25) is 14.5 Å². The fourth-order valence-electron chi connectivity index (χ4n) is 4.66. The van der Waals surface area contributed by atoms with Crippen LogP contribution in [0, 0.1) is 12.7 Å². The molecule has 0 saturated carbocycles. The van der Waals surface area contributed by atoms with Crippen molar-refractivity contribution in [3.05, 3.63) is 87.7 Å². The van der Waals surface area contributed by atoms with Crippen molar-refractivity contribution in [3.8, 4) is 5.75 Å². The molecule has 0 spiro atoms. The number of ether oxygens (including phenoxy) is 1. The second-order valence-electron chi connectivity index (χ2n) is 9.20. The van der Waals surface area contributed by atoms with Gasteiger partial charge in [0, 0.05) is 19.8 Å². The molecule has 0 bridgehead atoms. The maximum atomic E-state index is 13.8. The number of Topliss-reactive ketones (excluding diaryl/α,β-unsaturated/α-hetero) is 1. The van der Waals surface area contributed by atoms with E-state index in [1.807, 2.05) is 31.1 Å². The summed E-state index contributed by atoms with van der Waals surface area (Å²) < 4.78 is 19.3. The molecule has 1 unspecified atom stereocenters. The van der Waals surface area contributed by atoms with Crippen molar-refractivity contribution in [2.75, 3.05) is 31.0 Å². The topological polar surface area (TPSA) is 98.8 Å². The van der Waals surface area contributed by atoms with Gasteiger partial charge in [0.15, 0.2) is 0 Å². The van der Waals surface area contributed by atoms with E-state index in [9.17, 15) is 19.1 Å². The first-order valence-corrected chi connectivity index (χ1v) is 12.1. The van der Waals surface area contributed by atoms with E-state index in [4.69, 9.17) is 16.3 Å². The number of aryl methyl sites for hydroxylation is 1. The van der Waals surface area contributed by atoms with Gasteiger partial charge in [-0.25, -0.2) is 9.37 Å². The Labute approximate surface area is 222 Å². The largest absolute Gasteiger partial charge is 0.507 e. The average molecular weight is 535 g/mol. The smallest absolute Gasteiger partial charge is 0.302 e. The number of fused-ring (bicyclic) bond motifs is 1. The molecule has 194 valence electrons. The number of anilines is 2. The number of H-pyrrole nitrogens is 1. The third-order valence-corrected chi connectivity index (χ3v) is 6.76. The van der Waals surface area contributed by atoms with Crippen LogP contribution in [0.5, 0.6) is 5.75 Å². The number of hydrogen-bond acceptors (Lipinski definition) is 6. The van der Waals surface area contributed by atoms with Gasteiger partial charge in [0.05, 0.1) is 40.3 Å². The Morgan fingerprint density at radius 2 is 1.84 bits per heavy atom. The number of halogens is 2. The van der Waals surface area contributed by atoms with Crippen molar-refractivity contribution in [1.29, 1.82) is 0 Å². The number of aliphatic hydroxyl groups excluding tert-OH is 1. The van der Waals surface area contributed by atoms with Crippen LogP contribution in [0.4, 0.5) is 16.0 Å². The zero-order valence-corrected chi connectivity index (χ0v) is 21.8. The molecule has 1 amide bonds. The van der Waals surface area contributed by atoms with Gasteiger partial charge in [-0.15, -0.1) is 0 Å². The summed E-state index contributed by atoms with van der Waals surface area (Å²) in [5, 5.41) is 11.8. The molecule has 38 heavy (non-hydrogen) atoms. The molecule has 1 atom stereocenters. The Balaban J connectivity index is 1.76. The van der Waals surface area contributed by atoms with E-state index in [0.29, 0.717) is 16.6 Å². The number of carbonyl (C=O) groups excluding carboxylic acids is 2. The predicted molar refractivity (Wildman–Crippen MR) is 144 cm³/mol. The Bertz CT molecular complexity index is 1630. The van der Waals surface area contributed by atoms with Crippen LogP contribution >= 0.6 is 11.6 Å². The molecule has 4 aromatic rings. The Hall–Kier alpha value is -4.37. The lowest BCUT2D eigenvalue weighted by atomic mass is 9.94. The molecule has 1 fully saturated rings. The van der Waals surface area contributed by atoms with E-state index in [1.54, 1.807) is 31.2 Å². The molecular formula is C28H24ClFN4O4. The summed E-state index contributed by atoms with van der Waals surface area (Å²) in [4.78, 5) is 37.5. The Morgan fingerprint density at radius 1 is 1.13 bits per heavy atom. The van der Waals surface area contributed by atoms with Crippen LogP contribution in [0.3, 0.4) is 0 Å². The highest BCUT2D eigenvalue weighted by Crippen LogP contribution is 2.44. The molecule has 1 aromatic heterocycles. The second kappa shape index (κ2) is 9.50. The first-order chi connectivity index (χ1) is 18.1. The minimum atomic E-state index is -1.04. The first-order valence-electron chi connectivity index (χ1n) is 11.7. The van der Waals surface area contributed by atoms with E-state index in [0.717, 1.165) is 11.3 Å². The second-order valence-corrected chi connectivity index (χ2v) is 9.61. The fraction of sp³-hybridized carbons (Fsp3) is 0.179. The lowest BCUT2D eigenvalue weighted by Crippen LogP contribution is -2.30. The molecule has 2 heterocycles. The molecule has 10 heteroatoms. The van der Waals surface area contributed by atoms with Gasteiger partial charge in [0.1, 0.15) is 17.3 Å². The van der Waals surface area contributed by atoms with E-state index in [1.165, 1.54) is 30.2 Å². The number of imidazole rings is 1. The highest BCUT2D eigenvalue weighted by molar-refractivity contribution is 6.51. The number of methoxy groups -OCH3 is 1. The van der Waals surface area contributed by atoms with Crippen LogP contribution in [-0.2, 0) is 9.59 Å². The highest BCUT2D eigenvalue weighted by atomic mass is 35.5. The summed E-state index contributed by atoms with van der Waals surface area (Å²) in [6.45, 7) is 1.78. The number of amides is 1. The maximum Gasteiger partial charge on any atom is 0.302 e. The minimum Gasteiger partial charge on any atom is -0.507 e. The SMILES string of the molecule is COc1c(Cl)cc(C)cc1/C(O)=C1\C(=O)C(=O)N(c2nc3ccc(F)cc3[nH]2)C1c1ccc(N(C)C)cc1. The standard InChI is InChI=1S/C28H24ClFN4O4/c1-14-11-18(26(38-4)19(29)12-14)24(35)22-23(15-5-8-17(9-6-15)33(2)3)34(27(37)25(22)36)28-31-20-10-7-16(30)13-21(20)32-28/h5-13,23,35H,1-4H3,(H,31,32)/b24-22+. The summed E-state index contributed by atoms with van der Waals surface area (Å²) in [6, 6.07) is 13.5. The first kappa shape index (κ1) is 25.3. The molecule has 1 saturated heterocycles. The number of aromatic amines is 1. The highest BCUT2D eigenvalue weighted by Gasteiger charge is 2.48. The van der Waals surface area contributed by atoms with Crippen molar-refractivity contribution in [2.45, 2.75) is 13.0 Å². The molecule has 8 nitrogen and oxygen atoms in total. The normalized spacial score (nSPS) is 16.9. The van der Waals surface area contributed by atoms with Crippen LogP contribution in [0.1, 0.15) is 22.7 Å². The maximum absolute atomic E-state index is 13.8. The molecular weight excluding hydrogens is 511 g/mol. The zero-order valence-electron chi connectivity index (χ0n) is 21.0. The Kier molecular flexibility index (Phi) is 6.32. The van der Waals surface area contributed by atoms with Crippen LogP contribution in [0.25, 0.3) is 16.8 Å². The molecule has 5 rings (SSSR count). The van der Waals surface area contributed by atoms with Gasteiger partial charge in [-0.2, -0.15) is 0 Å². The molecule has 3 aromatic carbocycles. The van der Waals surface area contributed by atoms with Crippen molar-refractivity contribution in [1.82, 2.24) is 9.97 Å². The summed E-state index contributed by atoms with van der Waals surface area (Å²) >= 11 is 6.36.